The largest absolute Gasteiger partial charge is 0.479 e. The van der Waals surface area contributed by atoms with Crippen LogP contribution in [-0.4, -0.2) is 57.0 Å². The van der Waals surface area contributed by atoms with Gasteiger partial charge in [-0.15, -0.1) is 0 Å². The lowest BCUT2D eigenvalue weighted by molar-refractivity contribution is -0.163. The second-order valence-electron chi connectivity index (χ2n) is 10.4. The first kappa shape index (κ1) is 22.1. The Hall–Kier alpha value is -3.35. The Kier molecular flexibility index (Phi) is 5.13. The monoisotopic (exact) mass is 474 g/mol. The highest BCUT2D eigenvalue weighted by atomic mass is 16.6. The van der Waals surface area contributed by atoms with Crippen molar-refractivity contribution in [3.8, 4) is 0 Å². The summed E-state index contributed by atoms with van der Waals surface area (Å²) in [5.74, 6) is -1.34. The maximum absolute atomic E-state index is 14.3. The Bertz CT molecular complexity index is 1150. The summed E-state index contributed by atoms with van der Waals surface area (Å²) in [7, 11) is 0. The fraction of sp³-hybridized carbons (Fsp3) is 0.464. The van der Waals surface area contributed by atoms with E-state index in [9.17, 15) is 19.5 Å². The number of fused-ring (bicyclic) bond motifs is 1. The number of nitrogens with zero attached hydrogens (tertiary/aromatic N) is 2. The molecular formula is C28H30N2O5. The number of piperazine rings is 1. The molecule has 4 atom stereocenters. The van der Waals surface area contributed by atoms with Crippen molar-refractivity contribution in [3.05, 3.63) is 71.8 Å². The van der Waals surface area contributed by atoms with Gasteiger partial charge in [0.05, 0.1) is 17.5 Å². The first-order chi connectivity index (χ1) is 17.0. The molecule has 0 spiro atoms. The second kappa shape index (κ2) is 8.11. The zero-order valence-electron chi connectivity index (χ0n) is 19.6. The maximum Gasteiger partial charge on any atom is 0.410 e. The van der Waals surface area contributed by atoms with Gasteiger partial charge in [-0.25, -0.2) is 9.59 Å². The van der Waals surface area contributed by atoms with Crippen molar-refractivity contribution in [2.45, 2.75) is 68.2 Å². The number of amides is 2. The number of carboxylic acid groups (broad SMARTS) is 1. The molecule has 182 valence electrons. The molecule has 1 unspecified atom stereocenters. The van der Waals surface area contributed by atoms with E-state index in [1.165, 1.54) is 0 Å². The predicted molar refractivity (Wildman–Crippen MR) is 127 cm³/mol. The van der Waals surface area contributed by atoms with Gasteiger partial charge in [0.2, 0.25) is 5.91 Å². The van der Waals surface area contributed by atoms with Crippen LogP contribution in [0.3, 0.4) is 0 Å². The molecule has 3 heterocycles. The van der Waals surface area contributed by atoms with E-state index >= 15 is 0 Å². The van der Waals surface area contributed by atoms with Gasteiger partial charge >= 0.3 is 12.1 Å². The summed E-state index contributed by atoms with van der Waals surface area (Å²) in [5, 5.41) is 10.4. The molecule has 7 nitrogen and oxygen atoms in total. The van der Waals surface area contributed by atoms with Crippen molar-refractivity contribution < 1.29 is 24.2 Å². The number of piperidine rings is 2. The average Bonchev–Trinajstić information content (AvgIpc) is 3.46. The van der Waals surface area contributed by atoms with Crippen molar-refractivity contribution >= 4 is 18.0 Å². The van der Waals surface area contributed by atoms with E-state index in [2.05, 4.69) is 0 Å². The molecule has 7 rings (SSSR count). The highest BCUT2D eigenvalue weighted by Crippen LogP contribution is 2.64. The number of carboxylic acids is 1. The minimum Gasteiger partial charge on any atom is -0.479 e. The molecule has 0 aromatic heterocycles. The minimum absolute atomic E-state index is 0.0831. The third-order valence-corrected chi connectivity index (χ3v) is 8.79. The number of hydrogen-bond donors (Lipinski definition) is 1. The lowest BCUT2D eigenvalue weighted by Crippen LogP contribution is -2.68. The van der Waals surface area contributed by atoms with Gasteiger partial charge in [-0.1, -0.05) is 79.9 Å². The van der Waals surface area contributed by atoms with Crippen molar-refractivity contribution in [3.63, 3.8) is 0 Å². The normalized spacial score (nSPS) is 30.0. The van der Waals surface area contributed by atoms with Crippen LogP contribution in [0, 0.1) is 5.92 Å². The number of rotatable bonds is 5. The molecule has 3 aliphatic heterocycles. The zero-order chi connectivity index (χ0) is 24.2. The van der Waals surface area contributed by atoms with E-state index in [4.69, 9.17) is 4.74 Å². The topological polar surface area (TPSA) is 87.2 Å². The minimum atomic E-state index is -1.35. The van der Waals surface area contributed by atoms with Crippen molar-refractivity contribution in [1.29, 1.82) is 0 Å². The Morgan fingerprint density at radius 1 is 0.943 bits per heavy atom. The number of carbonyl (C=O) groups is 3. The molecular weight excluding hydrogens is 444 g/mol. The van der Waals surface area contributed by atoms with E-state index in [0.29, 0.717) is 6.42 Å². The molecule has 2 saturated carbocycles. The Labute approximate surface area is 204 Å². The highest BCUT2D eigenvalue weighted by Gasteiger charge is 2.84. The molecule has 35 heavy (non-hydrogen) atoms. The Balaban J connectivity index is 1.28. The van der Waals surface area contributed by atoms with Gasteiger partial charge in [-0.05, 0) is 30.4 Å². The molecule has 4 bridgehead atoms. The van der Waals surface area contributed by atoms with Gasteiger partial charge in [0.1, 0.15) is 6.61 Å². The van der Waals surface area contributed by atoms with Crippen molar-refractivity contribution in [2.75, 3.05) is 6.54 Å². The van der Waals surface area contributed by atoms with E-state index in [0.717, 1.165) is 43.2 Å². The van der Waals surface area contributed by atoms with Crippen LogP contribution >= 0.6 is 0 Å². The summed E-state index contributed by atoms with van der Waals surface area (Å²) in [6, 6.07) is 18.5. The standard InChI is InChI=1S/C28H30N2O5/c31-24(27(14-8-3-9-15-27)20-12-6-2-7-13-20)29-17-21-16-22-23(28(22,29)25(32)33)30(21)26(34)35-18-19-10-4-1-5-11-19/h1-2,4-7,10-13,21-23H,3,8-9,14-18H2,(H,32,33)/t21-,22?,23+,28+/m0/s1. The van der Waals surface area contributed by atoms with Crippen LogP contribution in [0.1, 0.15) is 49.7 Å². The van der Waals surface area contributed by atoms with Crippen LogP contribution < -0.4 is 0 Å². The molecule has 2 aromatic rings. The third kappa shape index (κ3) is 3.13. The molecule has 7 heteroatoms. The van der Waals surface area contributed by atoms with Gasteiger partial charge in [0.15, 0.2) is 5.54 Å². The molecule has 1 N–H and O–H groups in total. The number of carbonyl (C=O) groups excluding carboxylic acids is 2. The molecule has 5 aliphatic rings. The Morgan fingerprint density at radius 2 is 1.60 bits per heavy atom. The van der Waals surface area contributed by atoms with Crippen LogP contribution in [-0.2, 0) is 26.3 Å². The van der Waals surface area contributed by atoms with Crippen LogP contribution in [0.5, 0.6) is 0 Å². The predicted octanol–water partition coefficient (Wildman–Crippen LogP) is 3.96. The van der Waals surface area contributed by atoms with Crippen LogP contribution in [0.4, 0.5) is 4.79 Å². The van der Waals surface area contributed by atoms with Crippen LogP contribution in [0.2, 0.25) is 0 Å². The molecule has 2 amide bonds. The smallest absolute Gasteiger partial charge is 0.410 e. The van der Waals surface area contributed by atoms with Gasteiger partial charge in [-0.3, -0.25) is 9.69 Å². The van der Waals surface area contributed by atoms with Gasteiger partial charge in [-0.2, -0.15) is 0 Å². The van der Waals surface area contributed by atoms with Crippen molar-refractivity contribution in [1.82, 2.24) is 9.80 Å². The lowest BCUT2D eigenvalue weighted by atomic mass is 9.68. The quantitative estimate of drug-likeness (QED) is 0.709. The van der Waals surface area contributed by atoms with Crippen LogP contribution in [0.25, 0.3) is 0 Å². The summed E-state index contributed by atoms with van der Waals surface area (Å²) in [6.45, 7) is 0.382. The molecule has 2 aromatic carbocycles. The number of aliphatic carboxylic acids is 1. The Morgan fingerprint density at radius 3 is 2.26 bits per heavy atom. The summed E-state index contributed by atoms with van der Waals surface area (Å²) < 4.78 is 5.58. The van der Waals surface area contributed by atoms with Crippen LogP contribution in [0.15, 0.2) is 60.7 Å². The summed E-state index contributed by atoms with van der Waals surface area (Å²) >= 11 is 0. The molecule has 5 fully saturated rings. The summed E-state index contributed by atoms with van der Waals surface area (Å²) in [6.07, 6.45) is 4.54. The lowest BCUT2D eigenvalue weighted by Gasteiger charge is -2.49. The zero-order valence-corrected chi connectivity index (χ0v) is 19.6. The number of benzene rings is 2. The summed E-state index contributed by atoms with van der Waals surface area (Å²) in [4.78, 5) is 43.4. The molecule has 3 saturated heterocycles. The fourth-order valence-electron chi connectivity index (χ4n) is 7.16. The van der Waals surface area contributed by atoms with Gasteiger partial charge in [0, 0.05) is 12.5 Å². The van der Waals surface area contributed by atoms with E-state index < -0.39 is 29.1 Å². The first-order valence-corrected chi connectivity index (χ1v) is 12.6. The fourth-order valence-corrected chi connectivity index (χ4v) is 7.16. The SMILES string of the molecule is O=C(OCc1ccccc1)N1[C@H]2CC3[C@@H]1[C@]3(C(=O)O)N(C(=O)C1(c3ccccc3)CCCCC1)C2. The van der Waals surface area contributed by atoms with E-state index in [1.54, 1.807) is 9.80 Å². The number of ether oxygens (including phenoxy) is 1. The highest BCUT2D eigenvalue weighted by molar-refractivity contribution is 5.98. The molecule has 0 radical (unpaired) electrons. The molecule has 2 aliphatic carbocycles. The summed E-state index contributed by atoms with van der Waals surface area (Å²) in [5.41, 5.74) is -0.195. The number of hydrogen-bond acceptors (Lipinski definition) is 4. The average molecular weight is 475 g/mol. The van der Waals surface area contributed by atoms with E-state index in [1.807, 2.05) is 60.7 Å². The van der Waals surface area contributed by atoms with E-state index in [-0.39, 0.29) is 31.0 Å². The second-order valence-corrected chi connectivity index (χ2v) is 10.4. The third-order valence-electron chi connectivity index (χ3n) is 8.79. The first-order valence-electron chi connectivity index (χ1n) is 12.6. The maximum atomic E-state index is 14.3. The van der Waals surface area contributed by atoms with Gasteiger partial charge < -0.3 is 14.7 Å². The van der Waals surface area contributed by atoms with Crippen molar-refractivity contribution in [2.24, 2.45) is 5.92 Å². The van der Waals surface area contributed by atoms with Gasteiger partial charge in [0.25, 0.3) is 0 Å².